The number of rotatable bonds is 7. The Hall–Kier alpha value is -0.275. The fourth-order valence-corrected chi connectivity index (χ4v) is 4.49. The van der Waals surface area contributed by atoms with Gasteiger partial charge in [0.15, 0.2) is 0 Å². The van der Waals surface area contributed by atoms with Gasteiger partial charge in [-0.25, -0.2) is 0 Å². The standard InChI is InChI=1S/C19H33BO2.CH4/c1-6-7-8-9-10-11-12-18-13-19(14-18,15-18)20-21-16(2,3)17(4,5)22-20;/h11-12H,6-10,13-15H2,1-5H3;1H4/b12-11+;. The maximum atomic E-state index is 6.28. The molecule has 3 saturated carbocycles. The van der Waals surface area contributed by atoms with Gasteiger partial charge in [-0.05, 0) is 65.2 Å². The molecule has 0 atom stereocenters. The van der Waals surface area contributed by atoms with E-state index >= 15 is 0 Å². The molecule has 4 fully saturated rings. The SMILES string of the molecule is C.CCCCCC/C=C/C12CC(B3OC(C)(C)C(C)(C)O3)(C1)C2. The molecule has 0 N–H and O–H groups in total. The molecule has 0 aromatic carbocycles. The average Bonchev–Trinajstić information content (AvgIpc) is 2.53. The van der Waals surface area contributed by atoms with E-state index in [1.54, 1.807) is 0 Å². The topological polar surface area (TPSA) is 18.5 Å². The van der Waals surface area contributed by atoms with Crippen molar-refractivity contribution in [2.45, 2.75) is 110 Å². The molecular weight excluding hydrogens is 283 g/mol. The second-order valence-electron chi connectivity index (χ2n) is 9.10. The van der Waals surface area contributed by atoms with Crippen LogP contribution in [0.15, 0.2) is 12.2 Å². The van der Waals surface area contributed by atoms with Crippen LogP contribution in [0.25, 0.3) is 0 Å². The smallest absolute Gasteiger partial charge is 0.403 e. The van der Waals surface area contributed by atoms with E-state index in [1.807, 2.05) is 0 Å². The van der Waals surface area contributed by atoms with E-state index in [0.29, 0.717) is 10.7 Å². The van der Waals surface area contributed by atoms with Gasteiger partial charge in [-0.1, -0.05) is 45.8 Å². The molecule has 3 heteroatoms. The predicted octanol–water partition coefficient (Wildman–Crippen LogP) is 6.17. The van der Waals surface area contributed by atoms with Crippen LogP contribution < -0.4 is 0 Å². The highest BCUT2D eigenvalue weighted by Gasteiger charge is 2.75. The van der Waals surface area contributed by atoms with Gasteiger partial charge in [-0.2, -0.15) is 0 Å². The molecule has 0 unspecified atom stereocenters. The fourth-order valence-electron chi connectivity index (χ4n) is 4.49. The minimum Gasteiger partial charge on any atom is -0.403 e. The van der Waals surface area contributed by atoms with Crippen molar-refractivity contribution < 1.29 is 9.31 Å². The maximum absolute atomic E-state index is 6.28. The Kier molecular flexibility index (Phi) is 5.16. The van der Waals surface area contributed by atoms with E-state index < -0.39 is 0 Å². The van der Waals surface area contributed by atoms with Gasteiger partial charge in [0.2, 0.25) is 0 Å². The Morgan fingerprint density at radius 2 is 1.48 bits per heavy atom. The molecule has 2 bridgehead atoms. The van der Waals surface area contributed by atoms with Crippen LogP contribution in [0.3, 0.4) is 0 Å². The number of unbranched alkanes of at least 4 members (excludes halogenated alkanes) is 4. The first-order chi connectivity index (χ1) is 10.2. The number of allylic oxidation sites excluding steroid dienone is 2. The van der Waals surface area contributed by atoms with Crippen molar-refractivity contribution in [1.82, 2.24) is 0 Å². The molecule has 1 aliphatic heterocycles. The maximum Gasteiger partial charge on any atom is 0.464 e. The molecule has 3 aliphatic carbocycles. The molecule has 0 aromatic rings. The van der Waals surface area contributed by atoms with Crippen LogP contribution in [0.1, 0.15) is 93.4 Å². The zero-order valence-electron chi connectivity index (χ0n) is 15.2. The molecule has 0 aromatic heterocycles. The van der Waals surface area contributed by atoms with Crippen LogP contribution in [0.4, 0.5) is 0 Å². The monoisotopic (exact) mass is 320 g/mol. The molecule has 132 valence electrons. The van der Waals surface area contributed by atoms with E-state index in [-0.39, 0.29) is 25.7 Å². The van der Waals surface area contributed by atoms with Crippen LogP contribution in [0.2, 0.25) is 5.31 Å². The van der Waals surface area contributed by atoms with E-state index in [1.165, 1.54) is 51.4 Å². The predicted molar refractivity (Wildman–Crippen MR) is 99.7 cm³/mol. The summed E-state index contributed by atoms with van der Waals surface area (Å²) in [7, 11) is 0.0114. The molecule has 0 spiro atoms. The van der Waals surface area contributed by atoms with Crippen LogP contribution in [0, 0.1) is 5.41 Å². The summed E-state index contributed by atoms with van der Waals surface area (Å²) in [6, 6.07) is 0. The van der Waals surface area contributed by atoms with E-state index in [0.717, 1.165) is 0 Å². The Morgan fingerprint density at radius 3 is 2.00 bits per heavy atom. The highest BCUT2D eigenvalue weighted by atomic mass is 16.7. The van der Waals surface area contributed by atoms with E-state index in [9.17, 15) is 0 Å². The second kappa shape index (κ2) is 6.22. The van der Waals surface area contributed by atoms with Crippen molar-refractivity contribution in [1.29, 1.82) is 0 Å². The highest BCUT2D eigenvalue weighted by molar-refractivity contribution is 6.51. The minimum atomic E-state index is -0.185. The third-order valence-electron chi connectivity index (χ3n) is 6.56. The van der Waals surface area contributed by atoms with Crippen molar-refractivity contribution in [2.24, 2.45) is 5.41 Å². The molecule has 0 radical (unpaired) electrons. The second-order valence-corrected chi connectivity index (χ2v) is 9.10. The van der Waals surface area contributed by atoms with Crippen molar-refractivity contribution in [3.05, 3.63) is 12.2 Å². The lowest BCUT2D eigenvalue weighted by molar-refractivity contribution is -0.0680. The van der Waals surface area contributed by atoms with E-state index in [2.05, 4.69) is 46.8 Å². The zero-order chi connectivity index (χ0) is 16.1. The van der Waals surface area contributed by atoms with Crippen molar-refractivity contribution in [3.8, 4) is 0 Å². The Bertz CT molecular complexity index is 417. The molecule has 4 rings (SSSR count). The molecule has 23 heavy (non-hydrogen) atoms. The van der Waals surface area contributed by atoms with Crippen LogP contribution in [-0.2, 0) is 9.31 Å². The number of hydrogen-bond donors (Lipinski definition) is 0. The van der Waals surface area contributed by atoms with Gasteiger partial charge in [-0.3, -0.25) is 0 Å². The van der Waals surface area contributed by atoms with Crippen LogP contribution in [0.5, 0.6) is 0 Å². The van der Waals surface area contributed by atoms with Gasteiger partial charge < -0.3 is 9.31 Å². The normalized spacial score (nSPS) is 36.5. The molecule has 1 saturated heterocycles. The van der Waals surface area contributed by atoms with Gasteiger partial charge in [0, 0.05) is 5.31 Å². The van der Waals surface area contributed by atoms with Gasteiger partial charge in [0.1, 0.15) is 0 Å². The molecular formula is C20H37BO2. The third kappa shape index (κ3) is 3.16. The first-order valence-corrected chi connectivity index (χ1v) is 9.28. The summed E-state index contributed by atoms with van der Waals surface area (Å²) in [6.45, 7) is 10.9. The van der Waals surface area contributed by atoms with Crippen molar-refractivity contribution >= 4 is 7.12 Å². The quantitative estimate of drug-likeness (QED) is 0.317. The summed E-state index contributed by atoms with van der Waals surface area (Å²) in [5.41, 5.74) is 0.124. The van der Waals surface area contributed by atoms with Crippen molar-refractivity contribution in [3.63, 3.8) is 0 Å². The van der Waals surface area contributed by atoms with E-state index in [4.69, 9.17) is 9.31 Å². The fraction of sp³-hybridized carbons (Fsp3) is 0.900. The lowest BCUT2D eigenvalue weighted by Crippen LogP contribution is -2.63. The molecule has 4 aliphatic rings. The Morgan fingerprint density at radius 1 is 0.913 bits per heavy atom. The van der Waals surface area contributed by atoms with Crippen LogP contribution >= 0.6 is 0 Å². The average molecular weight is 320 g/mol. The van der Waals surface area contributed by atoms with Crippen molar-refractivity contribution in [2.75, 3.05) is 0 Å². The molecule has 2 nitrogen and oxygen atoms in total. The molecule has 0 amide bonds. The largest absolute Gasteiger partial charge is 0.464 e. The third-order valence-corrected chi connectivity index (χ3v) is 6.56. The van der Waals surface area contributed by atoms with Gasteiger partial charge in [0.25, 0.3) is 0 Å². The first-order valence-electron chi connectivity index (χ1n) is 9.28. The number of hydrogen-bond acceptors (Lipinski definition) is 2. The first kappa shape index (κ1) is 19.1. The van der Waals surface area contributed by atoms with Crippen LogP contribution in [-0.4, -0.2) is 18.3 Å². The van der Waals surface area contributed by atoms with Gasteiger partial charge in [-0.15, -0.1) is 0 Å². The zero-order valence-corrected chi connectivity index (χ0v) is 15.2. The van der Waals surface area contributed by atoms with Gasteiger partial charge >= 0.3 is 7.12 Å². The highest BCUT2D eigenvalue weighted by Crippen LogP contribution is 2.81. The summed E-state index contributed by atoms with van der Waals surface area (Å²) >= 11 is 0. The van der Waals surface area contributed by atoms with Gasteiger partial charge in [0.05, 0.1) is 11.2 Å². The minimum absolute atomic E-state index is 0. The summed E-state index contributed by atoms with van der Waals surface area (Å²) in [6.07, 6.45) is 15.4. The lowest BCUT2D eigenvalue weighted by atomic mass is 9.24. The Balaban J connectivity index is 0.00000192. The summed E-state index contributed by atoms with van der Waals surface area (Å²) < 4.78 is 12.6. The summed E-state index contributed by atoms with van der Waals surface area (Å²) in [5.74, 6) is 0. The lowest BCUT2D eigenvalue weighted by Gasteiger charge is -2.70. The summed E-state index contributed by atoms with van der Waals surface area (Å²) in [5, 5.41) is 0.317. The summed E-state index contributed by atoms with van der Waals surface area (Å²) in [4.78, 5) is 0. The Labute approximate surface area is 144 Å². The molecule has 1 heterocycles.